The smallest absolute Gasteiger partial charge is 0.269 e. The summed E-state index contributed by atoms with van der Waals surface area (Å²) in [6.45, 7) is 0. The van der Waals surface area contributed by atoms with E-state index in [1.165, 1.54) is 0 Å². The number of benzene rings is 2. The van der Waals surface area contributed by atoms with Crippen LogP contribution in [0.15, 0.2) is 48.5 Å². The number of halogens is 1. The quantitative estimate of drug-likeness (QED) is 0.640. The van der Waals surface area contributed by atoms with Gasteiger partial charge in [-0.25, -0.2) is 0 Å². The number of hydrogen-bond donors (Lipinski definition) is 1. The highest BCUT2D eigenvalue weighted by atomic mass is 35.5. The lowest BCUT2D eigenvalue weighted by molar-refractivity contribution is -0.123. The molecule has 0 fully saturated rings. The molecule has 1 unspecified atom stereocenters. The maximum atomic E-state index is 11.7. The highest BCUT2D eigenvalue weighted by molar-refractivity contribution is 6.33. The van der Waals surface area contributed by atoms with Gasteiger partial charge >= 0.3 is 0 Å². The first-order valence-electron chi connectivity index (χ1n) is 6.02. The zero-order valence-corrected chi connectivity index (χ0v) is 10.8. The number of alkyl halides is 1. The second kappa shape index (κ2) is 4.68. The fourth-order valence-corrected chi connectivity index (χ4v) is 2.53. The normalized spacial score (nSPS) is 18.3. The van der Waals surface area contributed by atoms with Gasteiger partial charge in [-0.1, -0.05) is 42.5 Å². The van der Waals surface area contributed by atoms with Crippen molar-refractivity contribution < 1.29 is 10.0 Å². The van der Waals surface area contributed by atoms with Gasteiger partial charge in [0.25, 0.3) is 5.91 Å². The van der Waals surface area contributed by atoms with Crippen LogP contribution in [0, 0.1) is 0 Å². The largest absolute Gasteiger partial charge is 0.281 e. The maximum Gasteiger partial charge on any atom is 0.269 e. The Morgan fingerprint density at radius 1 is 1.11 bits per heavy atom. The summed E-state index contributed by atoms with van der Waals surface area (Å²) in [5.74, 6) is -0.473. The average molecular weight is 274 g/mol. The average Bonchev–Trinajstić information content (AvgIpc) is 2.46. The lowest BCUT2D eigenvalue weighted by atomic mass is 9.97. The van der Waals surface area contributed by atoms with Crippen molar-refractivity contribution in [2.45, 2.75) is 11.8 Å². The van der Waals surface area contributed by atoms with Gasteiger partial charge < -0.3 is 0 Å². The van der Waals surface area contributed by atoms with Gasteiger partial charge in [-0.2, -0.15) is 5.06 Å². The molecule has 1 aliphatic heterocycles. The molecule has 2 aromatic rings. The summed E-state index contributed by atoms with van der Waals surface area (Å²) in [6, 6.07) is 15.5. The first-order chi connectivity index (χ1) is 9.16. The van der Waals surface area contributed by atoms with Crippen LogP contribution in [0.5, 0.6) is 0 Å². The van der Waals surface area contributed by atoms with Gasteiger partial charge in [-0.05, 0) is 29.2 Å². The Morgan fingerprint density at radius 2 is 1.84 bits per heavy atom. The van der Waals surface area contributed by atoms with Gasteiger partial charge in [0.1, 0.15) is 5.38 Å². The van der Waals surface area contributed by atoms with Gasteiger partial charge in [0.05, 0.1) is 5.69 Å². The van der Waals surface area contributed by atoms with Crippen molar-refractivity contribution in [2.24, 2.45) is 0 Å². The van der Waals surface area contributed by atoms with Crippen LogP contribution in [0.3, 0.4) is 0 Å². The summed E-state index contributed by atoms with van der Waals surface area (Å²) < 4.78 is 0. The summed E-state index contributed by atoms with van der Waals surface area (Å²) in [7, 11) is 0. The number of carbonyl (C=O) groups excluding carboxylic acids is 1. The third-order valence-corrected chi connectivity index (χ3v) is 3.64. The SMILES string of the molecule is O=C1C(Cl)Cc2ccc(-c3ccccc3)cc2N1O. The van der Waals surface area contributed by atoms with Crippen LogP contribution in [-0.4, -0.2) is 16.5 Å². The number of hydrogen-bond acceptors (Lipinski definition) is 2. The van der Waals surface area contributed by atoms with Gasteiger partial charge in [0.2, 0.25) is 0 Å². The number of anilines is 1. The Morgan fingerprint density at radius 3 is 2.58 bits per heavy atom. The van der Waals surface area contributed by atoms with Crippen molar-refractivity contribution in [1.29, 1.82) is 0 Å². The molecule has 1 amide bonds. The second-order valence-electron chi connectivity index (χ2n) is 4.53. The molecule has 0 saturated carbocycles. The lowest BCUT2D eigenvalue weighted by Crippen LogP contribution is -2.39. The summed E-state index contributed by atoms with van der Waals surface area (Å²) in [5, 5.41) is 9.83. The van der Waals surface area contributed by atoms with E-state index in [1.54, 1.807) is 0 Å². The van der Waals surface area contributed by atoms with Crippen molar-refractivity contribution >= 4 is 23.2 Å². The first-order valence-corrected chi connectivity index (χ1v) is 6.46. The molecule has 0 aliphatic carbocycles. The molecule has 1 atom stereocenters. The highest BCUT2D eigenvalue weighted by Gasteiger charge is 2.30. The molecular weight excluding hydrogens is 262 g/mol. The van der Waals surface area contributed by atoms with Gasteiger partial charge in [0, 0.05) is 0 Å². The van der Waals surface area contributed by atoms with E-state index < -0.39 is 11.3 Å². The minimum Gasteiger partial charge on any atom is -0.281 e. The standard InChI is InChI=1S/C15H12ClNO2/c16-13-8-12-7-6-11(10-4-2-1-3-5-10)9-14(12)17(19)15(13)18/h1-7,9,13,19H,8H2. The van der Waals surface area contributed by atoms with E-state index in [4.69, 9.17) is 11.6 Å². The molecule has 2 aromatic carbocycles. The number of carbonyl (C=O) groups is 1. The Labute approximate surface area is 116 Å². The molecule has 0 radical (unpaired) electrons. The van der Waals surface area contributed by atoms with Crippen molar-refractivity contribution in [2.75, 3.05) is 5.06 Å². The zero-order valence-electron chi connectivity index (χ0n) is 10.1. The minimum absolute atomic E-state index is 0.446. The molecule has 1 N–H and O–H groups in total. The van der Waals surface area contributed by atoms with Crippen molar-refractivity contribution in [3.63, 3.8) is 0 Å². The van der Waals surface area contributed by atoms with Crippen LogP contribution in [0.2, 0.25) is 0 Å². The van der Waals surface area contributed by atoms with E-state index in [2.05, 4.69) is 0 Å². The molecule has 0 aromatic heterocycles. The number of rotatable bonds is 1. The van der Waals surface area contributed by atoms with Crippen LogP contribution in [-0.2, 0) is 11.2 Å². The van der Waals surface area contributed by atoms with Crippen LogP contribution in [0.25, 0.3) is 11.1 Å². The third kappa shape index (κ3) is 2.11. The molecule has 0 bridgehead atoms. The third-order valence-electron chi connectivity index (χ3n) is 3.30. The fraction of sp³-hybridized carbons (Fsp3) is 0.133. The van der Waals surface area contributed by atoms with Crippen molar-refractivity contribution in [3.8, 4) is 11.1 Å². The molecule has 96 valence electrons. The lowest BCUT2D eigenvalue weighted by Gasteiger charge is -2.27. The van der Waals surface area contributed by atoms with Crippen molar-refractivity contribution in [1.82, 2.24) is 0 Å². The maximum absolute atomic E-state index is 11.7. The number of fused-ring (bicyclic) bond motifs is 1. The number of nitrogens with zero attached hydrogens (tertiary/aromatic N) is 1. The monoisotopic (exact) mass is 273 g/mol. The second-order valence-corrected chi connectivity index (χ2v) is 5.06. The number of amides is 1. The molecule has 3 nitrogen and oxygen atoms in total. The zero-order chi connectivity index (χ0) is 13.4. The van der Waals surface area contributed by atoms with E-state index in [0.29, 0.717) is 17.2 Å². The topological polar surface area (TPSA) is 40.5 Å². The highest BCUT2D eigenvalue weighted by Crippen LogP contribution is 2.32. The van der Waals surface area contributed by atoms with Crippen LogP contribution in [0.4, 0.5) is 5.69 Å². The molecule has 0 saturated heterocycles. The molecule has 3 rings (SSSR count). The molecular formula is C15H12ClNO2. The fourth-order valence-electron chi connectivity index (χ4n) is 2.28. The Balaban J connectivity index is 2.07. The van der Waals surface area contributed by atoms with Crippen molar-refractivity contribution in [3.05, 3.63) is 54.1 Å². The van der Waals surface area contributed by atoms with E-state index in [9.17, 15) is 10.0 Å². The predicted molar refractivity (Wildman–Crippen MR) is 74.5 cm³/mol. The molecule has 1 aliphatic rings. The van der Waals surface area contributed by atoms with Crippen LogP contribution in [0.1, 0.15) is 5.56 Å². The molecule has 1 heterocycles. The molecule has 0 spiro atoms. The Hall–Kier alpha value is -1.84. The summed E-state index contributed by atoms with van der Waals surface area (Å²) in [4.78, 5) is 11.7. The van der Waals surface area contributed by atoms with E-state index in [0.717, 1.165) is 16.7 Å². The van der Waals surface area contributed by atoms with Crippen LogP contribution >= 0.6 is 11.6 Å². The Bertz CT molecular complexity index is 627. The Kier molecular flexibility index (Phi) is 3.01. The van der Waals surface area contributed by atoms with Gasteiger partial charge in [-0.15, -0.1) is 11.6 Å². The number of hydroxylamine groups is 1. The van der Waals surface area contributed by atoms with E-state index >= 15 is 0 Å². The molecule has 4 heteroatoms. The van der Waals surface area contributed by atoms with Crippen LogP contribution < -0.4 is 5.06 Å². The summed E-state index contributed by atoms with van der Waals surface area (Å²) >= 11 is 5.90. The minimum atomic E-state index is -0.694. The predicted octanol–water partition coefficient (Wildman–Crippen LogP) is 3.24. The summed E-state index contributed by atoms with van der Waals surface area (Å²) in [6.07, 6.45) is 0.446. The van der Waals surface area contributed by atoms with E-state index in [-0.39, 0.29) is 0 Å². The van der Waals surface area contributed by atoms with E-state index in [1.807, 2.05) is 48.5 Å². The summed E-state index contributed by atoms with van der Waals surface area (Å²) in [5.41, 5.74) is 3.39. The van der Waals surface area contributed by atoms with Gasteiger partial charge in [-0.3, -0.25) is 10.0 Å². The molecule has 19 heavy (non-hydrogen) atoms. The van der Waals surface area contributed by atoms with Gasteiger partial charge in [0.15, 0.2) is 0 Å². The first kappa shape index (κ1) is 12.2.